The minimum atomic E-state index is -2.35. The van der Waals surface area contributed by atoms with Crippen molar-refractivity contribution in [2.24, 2.45) is 34.5 Å². The highest BCUT2D eigenvalue weighted by Gasteiger charge is 2.79. The van der Waals surface area contributed by atoms with Gasteiger partial charge < -0.3 is 19.3 Å². The zero-order valence-corrected chi connectivity index (χ0v) is 24.7. The number of carbonyl (C=O) groups is 3. The van der Waals surface area contributed by atoms with Crippen molar-refractivity contribution in [2.45, 2.75) is 109 Å². The van der Waals surface area contributed by atoms with Crippen LogP contribution in [0.25, 0.3) is 0 Å². The van der Waals surface area contributed by atoms with Crippen molar-refractivity contribution in [3.63, 3.8) is 0 Å². The van der Waals surface area contributed by atoms with E-state index in [0.717, 1.165) is 25.3 Å². The van der Waals surface area contributed by atoms with Gasteiger partial charge in [-0.05, 0) is 81.4 Å². The highest BCUT2D eigenvalue weighted by molar-refractivity contribution is 6.01. The first-order valence-corrected chi connectivity index (χ1v) is 15.2. The monoisotopic (exact) mass is 589 g/mol. The third-order valence-corrected chi connectivity index (χ3v) is 11.6. The van der Waals surface area contributed by atoms with Crippen LogP contribution in [0.3, 0.4) is 0 Å². The Hall–Kier alpha value is -2.80. The number of nitrogens with zero attached hydrogens (tertiary/aromatic N) is 1. The second kappa shape index (κ2) is 10.7. The van der Waals surface area contributed by atoms with Crippen LogP contribution in [-0.4, -0.2) is 59.3 Å². The fourth-order valence-electron chi connectivity index (χ4n) is 9.37. The van der Waals surface area contributed by atoms with E-state index in [1.165, 1.54) is 19.1 Å². The molecule has 5 aliphatic rings. The number of hydrogen-bond acceptors (Lipinski definition) is 8. The molecule has 5 rings (SSSR count). The maximum absolute atomic E-state index is 17.5. The number of fused-ring (bicyclic) bond motifs is 5. The quantitative estimate of drug-likeness (QED) is 0.419. The van der Waals surface area contributed by atoms with E-state index in [4.69, 9.17) is 19.5 Å². The van der Waals surface area contributed by atoms with E-state index in [9.17, 15) is 19.5 Å². The van der Waals surface area contributed by atoms with E-state index < -0.39 is 76.6 Å². The van der Waals surface area contributed by atoms with Crippen LogP contribution in [0.2, 0.25) is 0 Å². The predicted molar refractivity (Wildman–Crippen MR) is 146 cm³/mol. The van der Waals surface area contributed by atoms with E-state index in [-0.39, 0.29) is 30.9 Å². The zero-order chi connectivity index (χ0) is 30.7. The molecule has 4 saturated carbocycles. The van der Waals surface area contributed by atoms with Gasteiger partial charge in [0.15, 0.2) is 18.1 Å². The smallest absolute Gasteiger partial charge is 0.447 e. The Morgan fingerprint density at radius 3 is 2.50 bits per heavy atom. The molecule has 0 bridgehead atoms. The molecule has 0 spiro atoms. The van der Waals surface area contributed by atoms with Crippen molar-refractivity contribution in [2.75, 3.05) is 6.61 Å². The number of halogens is 2. The molecule has 1 unspecified atom stereocenters. The Morgan fingerprint density at radius 2 is 1.86 bits per heavy atom. The largest absolute Gasteiger partial charge is 0.509 e. The Balaban J connectivity index is 1.51. The lowest BCUT2D eigenvalue weighted by molar-refractivity contribution is -0.234. The lowest BCUT2D eigenvalue weighted by atomic mass is 9.44. The molecule has 42 heavy (non-hydrogen) atoms. The summed E-state index contributed by atoms with van der Waals surface area (Å²) in [5, 5.41) is 20.8. The molecule has 0 saturated heterocycles. The van der Waals surface area contributed by atoms with E-state index in [1.807, 2.05) is 0 Å². The number of esters is 1. The van der Waals surface area contributed by atoms with Crippen LogP contribution < -0.4 is 0 Å². The van der Waals surface area contributed by atoms with E-state index >= 15 is 8.78 Å². The Morgan fingerprint density at radius 1 is 1.17 bits per heavy atom. The zero-order valence-electron chi connectivity index (χ0n) is 24.7. The van der Waals surface area contributed by atoms with Crippen molar-refractivity contribution in [3.05, 3.63) is 23.8 Å². The minimum Gasteiger partial charge on any atom is -0.447 e. The molecular formula is C32H41F2NO7. The van der Waals surface area contributed by atoms with Gasteiger partial charge in [-0.1, -0.05) is 33.3 Å². The summed E-state index contributed by atoms with van der Waals surface area (Å²) in [5.74, 6) is -3.33. The van der Waals surface area contributed by atoms with Crippen molar-refractivity contribution < 1.29 is 42.5 Å². The highest BCUT2D eigenvalue weighted by Crippen LogP contribution is 2.71. The number of hydrogen-bond donors (Lipinski definition) is 1. The third-order valence-electron chi connectivity index (χ3n) is 11.6. The normalized spacial score (nSPS) is 45.9. The topological polar surface area (TPSA) is 123 Å². The summed E-state index contributed by atoms with van der Waals surface area (Å²) in [6.07, 6.45) is 2.68. The standard InChI is InChI=1S/C32H41F2NO7/c1-5-19-6-8-21(9-7-19)41-28(39)42-32(27(38)40-13-12-35)18(2)14-22-23-16-25(33)24-15-20(36)10-11-29(24,3)31(23,34)26(37)17-30(22,32)4/h10-11,15,18-19,21-23,25-26,37H,5-9,13-14,16-17H2,1-4H3/t18-,19?,21?,22+,23+,25+,26+,29?,30+,31+,32+/m1/s1. The highest BCUT2D eigenvalue weighted by atomic mass is 19.1. The van der Waals surface area contributed by atoms with Crippen molar-refractivity contribution in [1.82, 2.24) is 0 Å². The van der Waals surface area contributed by atoms with Crippen LogP contribution in [-0.2, 0) is 23.8 Å². The first-order valence-electron chi connectivity index (χ1n) is 15.2. The second-order valence-corrected chi connectivity index (χ2v) is 13.5. The average Bonchev–Trinajstić information content (AvgIpc) is 3.17. The van der Waals surface area contributed by atoms with Crippen LogP contribution in [0, 0.1) is 45.8 Å². The van der Waals surface area contributed by atoms with Crippen LogP contribution >= 0.6 is 0 Å². The Kier molecular flexibility index (Phi) is 7.83. The lowest BCUT2D eigenvalue weighted by Crippen LogP contribution is -2.71. The molecule has 0 amide bonds. The minimum absolute atomic E-state index is 0.000219. The third kappa shape index (κ3) is 4.24. The molecule has 0 radical (unpaired) electrons. The molecule has 0 heterocycles. The summed E-state index contributed by atoms with van der Waals surface area (Å²) >= 11 is 0. The van der Waals surface area contributed by atoms with Gasteiger partial charge in [-0.15, -0.1) is 0 Å². The number of rotatable bonds is 5. The maximum Gasteiger partial charge on any atom is 0.509 e. The van der Waals surface area contributed by atoms with Crippen LogP contribution in [0.5, 0.6) is 0 Å². The SMILES string of the molecule is CCC1CCC(OC(=O)O[C@]2(C(=O)OCC#N)[C@H](C)C[C@H]3[C@@H]4C[C@H](F)C5=CC(=O)C=CC5(C)[C@@]4(F)[C@@H](O)C[C@@]32C)CC1. The van der Waals surface area contributed by atoms with Crippen molar-refractivity contribution in [3.8, 4) is 6.07 Å². The molecule has 9 atom stereocenters. The van der Waals surface area contributed by atoms with Crippen LogP contribution in [0.1, 0.15) is 79.1 Å². The van der Waals surface area contributed by atoms with Crippen LogP contribution in [0.15, 0.2) is 23.8 Å². The molecule has 230 valence electrons. The van der Waals surface area contributed by atoms with Gasteiger partial charge in [0.05, 0.1) is 6.10 Å². The summed E-state index contributed by atoms with van der Waals surface area (Å²) in [5.41, 5.74) is -7.32. The van der Waals surface area contributed by atoms with E-state index in [2.05, 4.69) is 6.92 Å². The summed E-state index contributed by atoms with van der Waals surface area (Å²) in [7, 11) is 0. The van der Waals surface area contributed by atoms with E-state index in [1.54, 1.807) is 19.9 Å². The first kappa shape index (κ1) is 30.7. The fraction of sp³-hybridized carbons (Fsp3) is 0.750. The van der Waals surface area contributed by atoms with Gasteiger partial charge in [0.25, 0.3) is 0 Å². The Labute approximate surface area is 245 Å². The molecule has 1 N–H and O–H groups in total. The lowest BCUT2D eigenvalue weighted by Gasteiger charge is -2.62. The van der Waals surface area contributed by atoms with Crippen LogP contribution in [0.4, 0.5) is 13.6 Å². The van der Waals surface area contributed by atoms with Gasteiger partial charge in [0.2, 0.25) is 5.60 Å². The van der Waals surface area contributed by atoms with Gasteiger partial charge in [-0.25, -0.2) is 18.4 Å². The number of ether oxygens (including phenoxy) is 3. The average molecular weight is 590 g/mol. The molecule has 0 aromatic carbocycles. The summed E-state index contributed by atoms with van der Waals surface area (Å²) < 4.78 is 50.3. The number of aliphatic hydroxyl groups excluding tert-OH is 1. The Bertz CT molecular complexity index is 1240. The van der Waals surface area contributed by atoms with Gasteiger partial charge >= 0.3 is 12.1 Å². The number of aliphatic hydroxyl groups is 1. The molecular weight excluding hydrogens is 548 g/mol. The number of nitriles is 1. The molecule has 8 nitrogen and oxygen atoms in total. The first-order chi connectivity index (χ1) is 19.8. The van der Waals surface area contributed by atoms with Crippen molar-refractivity contribution >= 4 is 17.9 Å². The predicted octanol–water partition coefficient (Wildman–Crippen LogP) is 5.48. The number of alkyl halides is 2. The van der Waals surface area contributed by atoms with Gasteiger partial charge in [-0.3, -0.25) is 4.79 Å². The molecule has 0 aliphatic heterocycles. The summed E-state index contributed by atoms with van der Waals surface area (Å²) in [6, 6.07) is 1.76. The number of ketones is 1. The molecule has 0 aromatic rings. The van der Waals surface area contributed by atoms with Gasteiger partial charge in [-0.2, -0.15) is 5.26 Å². The molecule has 4 fully saturated rings. The van der Waals surface area contributed by atoms with E-state index in [0.29, 0.717) is 18.8 Å². The maximum atomic E-state index is 17.5. The summed E-state index contributed by atoms with van der Waals surface area (Å²) in [4.78, 5) is 39.3. The number of allylic oxidation sites excluding steroid dienone is 4. The van der Waals surface area contributed by atoms with Gasteiger partial charge in [0, 0.05) is 22.7 Å². The van der Waals surface area contributed by atoms with Gasteiger partial charge in [0.1, 0.15) is 18.3 Å². The second-order valence-electron chi connectivity index (χ2n) is 13.5. The summed E-state index contributed by atoms with van der Waals surface area (Å²) in [6.45, 7) is 6.37. The number of carbonyl (C=O) groups excluding carboxylic acids is 3. The van der Waals surface area contributed by atoms with Crippen molar-refractivity contribution in [1.29, 1.82) is 5.26 Å². The molecule has 10 heteroatoms. The molecule has 5 aliphatic carbocycles. The fourth-order valence-corrected chi connectivity index (χ4v) is 9.37. The molecule has 0 aromatic heterocycles.